The van der Waals surface area contributed by atoms with E-state index in [1.807, 2.05) is 0 Å². The van der Waals surface area contributed by atoms with Crippen molar-refractivity contribution in [3.8, 4) is 0 Å². The summed E-state index contributed by atoms with van der Waals surface area (Å²) in [6, 6.07) is 0. The Morgan fingerprint density at radius 2 is 0.760 bits per heavy atom. The predicted molar refractivity (Wildman–Crippen MR) is 303 cm³/mol. The van der Waals surface area contributed by atoms with Gasteiger partial charge in [0.2, 0.25) is 0 Å². The van der Waals surface area contributed by atoms with Crippen molar-refractivity contribution in [3.05, 3.63) is 24.3 Å². The Morgan fingerprint density at radius 1 is 0.427 bits per heavy atom. The van der Waals surface area contributed by atoms with Crippen molar-refractivity contribution in [1.29, 1.82) is 0 Å². The predicted octanol–water partition coefficient (Wildman–Crippen LogP) is 16.2. The number of carboxylic acid groups (broad SMARTS) is 1. The standard InChI is InChI=1S/C63H114O12/c1-4-7-10-13-16-19-22-25-27-28-30-33-36-39-42-45-48-51-57(66)74-61-59(68)58(67)60(62(69)70)75-63(61)72-53-54(73-56(65)50-47-44-41-38-35-31-24-21-18-15-12-9-6-3)52-71-55(64)49-46-43-40-37-34-32-29-26-23-20-17-14-11-8-5-2/h21,24,26,29,54,58-61,63,67-68H,4-20,22-23,25,27-28,30-53H2,1-3H3,(H,69,70)/b24-21-,29-26-. The fourth-order valence-electron chi connectivity index (χ4n) is 9.65. The molecule has 0 aliphatic carbocycles. The molecule has 6 atom stereocenters. The first-order valence-electron chi connectivity index (χ1n) is 31.3. The minimum Gasteiger partial charge on any atom is -0.479 e. The molecule has 1 rings (SSSR count). The normalized spacial score (nSPS) is 18.2. The first kappa shape index (κ1) is 70.2. The molecule has 1 saturated heterocycles. The third-order valence-corrected chi connectivity index (χ3v) is 14.5. The second-order valence-electron chi connectivity index (χ2n) is 21.7. The summed E-state index contributed by atoms with van der Waals surface area (Å²) < 4.78 is 28.5. The van der Waals surface area contributed by atoms with E-state index < -0.39 is 67.3 Å². The van der Waals surface area contributed by atoms with Crippen LogP contribution in [0.4, 0.5) is 0 Å². The molecule has 75 heavy (non-hydrogen) atoms. The number of hydrogen-bond donors (Lipinski definition) is 3. The highest BCUT2D eigenvalue weighted by atomic mass is 16.7. The van der Waals surface area contributed by atoms with Crippen LogP contribution in [-0.2, 0) is 42.9 Å². The fourth-order valence-corrected chi connectivity index (χ4v) is 9.65. The Kier molecular flexibility index (Phi) is 48.6. The maximum Gasteiger partial charge on any atom is 0.335 e. The van der Waals surface area contributed by atoms with Crippen LogP contribution in [0.3, 0.4) is 0 Å². The molecule has 12 heteroatoms. The van der Waals surface area contributed by atoms with Gasteiger partial charge in [-0.1, -0.05) is 238 Å². The number of esters is 3. The van der Waals surface area contributed by atoms with E-state index in [1.54, 1.807) is 0 Å². The molecular weight excluding hydrogens is 949 g/mol. The highest BCUT2D eigenvalue weighted by Crippen LogP contribution is 2.27. The number of rotatable bonds is 54. The van der Waals surface area contributed by atoms with Crippen LogP contribution < -0.4 is 0 Å². The summed E-state index contributed by atoms with van der Waals surface area (Å²) in [4.78, 5) is 51.2. The number of allylic oxidation sites excluding steroid dienone is 4. The Bertz CT molecular complexity index is 1400. The van der Waals surface area contributed by atoms with Gasteiger partial charge in [0, 0.05) is 19.3 Å². The summed E-state index contributed by atoms with van der Waals surface area (Å²) in [6.45, 7) is 6.00. The first-order valence-corrected chi connectivity index (χ1v) is 31.3. The molecule has 6 unspecified atom stereocenters. The number of aliphatic carboxylic acids is 1. The number of ether oxygens (including phenoxy) is 5. The van der Waals surface area contributed by atoms with E-state index >= 15 is 0 Å². The van der Waals surface area contributed by atoms with E-state index in [9.17, 15) is 34.5 Å². The van der Waals surface area contributed by atoms with Crippen molar-refractivity contribution in [3.63, 3.8) is 0 Å². The number of aliphatic hydroxyl groups is 2. The molecule has 1 fully saturated rings. The van der Waals surface area contributed by atoms with Crippen LogP contribution in [-0.4, -0.2) is 89.2 Å². The van der Waals surface area contributed by atoms with Gasteiger partial charge in [0.25, 0.3) is 0 Å². The molecule has 0 bridgehead atoms. The van der Waals surface area contributed by atoms with Gasteiger partial charge in [-0.15, -0.1) is 0 Å². The van der Waals surface area contributed by atoms with Crippen LogP contribution in [0.2, 0.25) is 0 Å². The molecule has 1 aliphatic rings. The minimum atomic E-state index is -1.90. The number of carboxylic acids is 1. The molecule has 0 radical (unpaired) electrons. The fraction of sp³-hybridized carbons (Fsp3) is 0.873. The zero-order chi connectivity index (χ0) is 54.7. The van der Waals surface area contributed by atoms with E-state index in [1.165, 1.54) is 148 Å². The molecule has 0 aromatic rings. The van der Waals surface area contributed by atoms with E-state index in [0.717, 1.165) is 96.3 Å². The monoisotopic (exact) mass is 1060 g/mol. The lowest BCUT2D eigenvalue weighted by Crippen LogP contribution is -2.61. The molecule has 0 amide bonds. The van der Waals surface area contributed by atoms with Gasteiger partial charge in [0.15, 0.2) is 24.6 Å². The summed E-state index contributed by atoms with van der Waals surface area (Å²) >= 11 is 0. The molecule has 438 valence electrons. The summed E-state index contributed by atoms with van der Waals surface area (Å²) in [6.07, 6.45) is 47.1. The van der Waals surface area contributed by atoms with Crippen molar-refractivity contribution < 1.29 is 58.2 Å². The molecule has 0 aromatic carbocycles. The summed E-state index contributed by atoms with van der Waals surface area (Å²) in [7, 11) is 0. The van der Waals surface area contributed by atoms with Gasteiger partial charge in [0.1, 0.15) is 18.8 Å². The molecule has 0 aromatic heterocycles. The van der Waals surface area contributed by atoms with Crippen LogP contribution in [0.1, 0.15) is 303 Å². The lowest BCUT2D eigenvalue weighted by atomic mass is 9.98. The smallest absolute Gasteiger partial charge is 0.335 e. The Morgan fingerprint density at radius 3 is 1.15 bits per heavy atom. The Labute approximate surface area is 458 Å². The lowest BCUT2D eigenvalue weighted by molar-refractivity contribution is -0.301. The largest absolute Gasteiger partial charge is 0.479 e. The van der Waals surface area contributed by atoms with Crippen LogP contribution in [0.5, 0.6) is 0 Å². The zero-order valence-corrected chi connectivity index (χ0v) is 48.3. The van der Waals surface area contributed by atoms with E-state index in [4.69, 9.17) is 23.7 Å². The van der Waals surface area contributed by atoms with Gasteiger partial charge in [-0.05, 0) is 70.6 Å². The molecule has 0 saturated carbocycles. The molecule has 3 N–H and O–H groups in total. The molecular formula is C63H114O12. The van der Waals surface area contributed by atoms with Gasteiger partial charge in [-0.25, -0.2) is 4.79 Å². The summed E-state index contributed by atoms with van der Waals surface area (Å²) in [5.74, 6) is -3.11. The minimum absolute atomic E-state index is 0.0656. The van der Waals surface area contributed by atoms with Gasteiger partial charge in [0.05, 0.1) is 6.61 Å². The average Bonchev–Trinajstić information content (AvgIpc) is 3.39. The van der Waals surface area contributed by atoms with E-state index in [0.29, 0.717) is 19.3 Å². The summed E-state index contributed by atoms with van der Waals surface area (Å²) in [5, 5.41) is 31.5. The first-order chi connectivity index (χ1) is 36.6. The maximum atomic E-state index is 13.1. The van der Waals surface area contributed by atoms with Gasteiger partial charge >= 0.3 is 23.9 Å². The maximum absolute atomic E-state index is 13.1. The molecule has 1 heterocycles. The number of unbranched alkanes of at least 4 members (excludes halogenated alkanes) is 36. The Balaban J connectivity index is 2.66. The van der Waals surface area contributed by atoms with E-state index in [-0.39, 0.29) is 25.9 Å². The van der Waals surface area contributed by atoms with Crippen molar-refractivity contribution in [2.24, 2.45) is 0 Å². The molecule has 12 nitrogen and oxygen atoms in total. The highest BCUT2D eigenvalue weighted by molar-refractivity contribution is 5.74. The van der Waals surface area contributed by atoms with Gasteiger partial charge in [-0.2, -0.15) is 0 Å². The van der Waals surface area contributed by atoms with Crippen LogP contribution in [0.25, 0.3) is 0 Å². The zero-order valence-electron chi connectivity index (χ0n) is 48.3. The topological polar surface area (TPSA) is 175 Å². The van der Waals surface area contributed by atoms with Crippen LogP contribution >= 0.6 is 0 Å². The van der Waals surface area contributed by atoms with Crippen LogP contribution in [0.15, 0.2) is 24.3 Å². The highest BCUT2D eigenvalue weighted by Gasteiger charge is 2.50. The number of hydrogen-bond acceptors (Lipinski definition) is 11. The number of carbonyl (C=O) groups excluding carboxylic acids is 3. The van der Waals surface area contributed by atoms with Crippen molar-refractivity contribution in [1.82, 2.24) is 0 Å². The van der Waals surface area contributed by atoms with Gasteiger partial charge in [-0.3, -0.25) is 14.4 Å². The Hall–Kier alpha value is -2.80. The third kappa shape index (κ3) is 41.9. The quantitative estimate of drug-likeness (QED) is 0.0228. The number of carbonyl (C=O) groups is 4. The van der Waals surface area contributed by atoms with Crippen LogP contribution in [0, 0.1) is 0 Å². The van der Waals surface area contributed by atoms with E-state index in [2.05, 4.69) is 45.1 Å². The lowest BCUT2D eigenvalue weighted by Gasteiger charge is -2.40. The molecule has 1 aliphatic heterocycles. The van der Waals surface area contributed by atoms with Crippen molar-refractivity contribution in [2.45, 2.75) is 340 Å². The van der Waals surface area contributed by atoms with Crippen molar-refractivity contribution >= 4 is 23.9 Å². The van der Waals surface area contributed by atoms with Crippen molar-refractivity contribution in [2.75, 3.05) is 13.2 Å². The number of aliphatic hydroxyl groups excluding tert-OH is 2. The second-order valence-corrected chi connectivity index (χ2v) is 21.7. The average molecular weight is 1060 g/mol. The summed E-state index contributed by atoms with van der Waals surface area (Å²) in [5.41, 5.74) is 0. The second kappa shape index (κ2) is 51.9. The SMILES string of the molecule is CCCCCC/C=C\CCCCCCCC(=O)OC(COC(=O)CCCCCCC/C=C\CCCCCCCC)COC1OC(C(=O)O)C(O)C(O)C1OC(=O)CCCCCCCCCCCCCCCCCCC. The third-order valence-electron chi connectivity index (χ3n) is 14.5. The molecule has 0 spiro atoms. The van der Waals surface area contributed by atoms with Gasteiger partial charge < -0.3 is 39.0 Å².